The molecule has 5 rings (SSSR count). The van der Waals surface area contributed by atoms with Gasteiger partial charge in [0, 0.05) is 16.8 Å². The van der Waals surface area contributed by atoms with Crippen molar-refractivity contribution < 1.29 is 14.3 Å². The number of anilines is 2. The first-order valence-electron chi connectivity index (χ1n) is 9.50. The number of hydrogen-bond acceptors (Lipinski definition) is 6. The average Bonchev–Trinajstić information content (AvgIpc) is 3.35. The lowest BCUT2D eigenvalue weighted by atomic mass is 10.1. The molecule has 0 bridgehead atoms. The molecule has 1 amide bonds. The quantitative estimate of drug-likeness (QED) is 0.497. The molecule has 0 fully saturated rings. The molecule has 0 spiro atoms. The van der Waals surface area contributed by atoms with E-state index in [2.05, 4.69) is 16.5 Å². The number of amides is 1. The molecule has 9 heteroatoms. The Morgan fingerprint density at radius 3 is 2.84 bits per heavy atom. The minimum atomic E-state index is -0.736. The topological polar surface area (TPSA) is 110 Å². The fraction of sp³-hybridized carbons (Fsp3) is 0.0909. The second-order valence-electron chi connectivity index (χ2n) is 7.14. The van der Waals surface area contributed by atoms with Gasteiger partial charge in [0.25, 0.3) is 0 Å². The summed E-state index contributed by atoms with van der Waals surface area (Å²) in [5.41, 5.74) is 9.16. The van der Waals surface area contributed by atoms with Crippen LogP contribution in [0.2, 0.25) is 0 Å². The van der Waals surface area contributed by atoms with E-state index in [1.807, 2.05) is 24.3 Å². The smallest absolute Gasteiger partial charge is 0.250 e. The van der Waals surface area contributed by atoms with Gasteiger partial charge in [0.2, 0.25) is 5.91 Å². The van der Waals surface area contributed by atoms with E-state index in [1.165, 1.54) is 24.5 Å². The molecule has 4 aromatic rings. The molecule has 2 aromatic carbocycles. The van der Waals surface area contributed by atoms with Crippen molar-refractivity contribution >= 4 is 28.4 Å². The number of carbonyl (C=O) groups excluding carboxylic acids is 1. The largest absolute Gasteiger partial charge is 0.505 e. The highest BCUT2D eigenvalue weighted by atomic mass is 19.1. The molecular formula is C22H17FN6O2. The number of aromatic hydroxyl groups is 1. The van der Waals surface area contributed by atoms with Crippen LogP contribution in [-0.2, 0) is 4.79 Å². The van der Waals surface area contributed by atoms with E-state index in [4.69, 9.17) is 10.8 Å². The summed E-state index contributed by atoms with van der Waals surface area (Å²) in [6.45, 7) is 3.92. The molecule has 0 saturated heterocycles. The zero-order valence-corrected chi connectivity index (χ0v) is 16.2. The van der Waals surface area contributed by atoms with Gasteiger partial charge in [-0.2, -0.15) is 5.10 Å². The summed E-state index contributed by atoms with van der Waals surface area (Å²) < 4.78 is 15.3. The summed E-state index contributed by atoms with van der Waals surface area (Å²) >= 11 is 0. The first kappa shape index (κ1) is 18.7. The fourth-order valence-corrected chi connectivity index (χ4v) is 3.99. The van der Waals surface area contributed by atoms with Crippen molar-refractivity contribution in [1.82, 2.24) is 19.7 Å². The molecule has 8 nitrogen and oxygen atoms in total. The number of rotatable bonds is 3. The van der Waals surface area contributed by atoms with Crippen LogP contribution in [0, 0.1) is 5.82 Å². The van der Waals surface area contributed by atoms with Gasteiger partial charge in [0.05, 0.1) is 18.0 Å². The van der Waals surface area contributed by atoms with Crippen LogP contribution in [0.1, 0.15) is 11.6 Å². The van der Waals surface area contributed by atoms with Gasteiger partial charge in [-0.25, -0.2) is 19.0 Å². The molecular weight excluding hydrogens is 399 g/mol. The Balaban J connectivity index is 1.74. The van der Waals surface area contributed by atoms with Gasteiger partial charge in [0.15, 0.2) is 17.2 Å². The first-order chi connectivity index (χ1) is 15.0. The number of phenols is 1. The van der Waals surface area contributed by atoms with Crippen LogP contribution in [0.3, 0.4) is 0 Å². The van der Waals surface area contributed by atoms with Crippen LogP contribution in [-0.4, -0.2) is 37.3 Å². The van der Waals surface area contributed by atoms with E-state index in [-0.39, 0.29) is 17.8 Å². The predicted molar refractivity (Wildman–Crippen MR) is 114 cm³/mol. The Bertz CT molecular complexity index is 1370. The Kier molecular flexibility index (Phi) is 4.18. The third-order valence-corrected chi connectivity index (χ3v) is 5.42. The maximum absolute atomic E-state index is 13.6. The number of carbonyl (C=O) groups is 1. The van der Waals surface area contributed by atoms with Gasteiger partial charge in [-0.15, -0.1) is 0 Å². The van der Waals surface area contributed by atoms with Gasteiger partial charge in [0.1, 0.15) is 17.8 Å². The molecule has 1 atom stereocenters. The molecule has 0 aliphatic carbocycles. The molecule has 1 unspecified atom stereocenters. The normalized spacial score (nSPS) is 15.3. The van der Waals surface area contributed by atoms with Crippen LogP contribution in [0.5, 0.6) is 5.75 Å². The van der Waals surface area contributed by atoms with Crippen molar-refractivity contribution in [3.8, 4) is 17.0 Å². The Hall–Kier alpha value is -4.27. The Morgan fingerprint density at radius 2 is 2.06 bits per heavy atom. The molecule has 0 saturated carbocycles. The summed E-state index contributed by atoms with van der Waals surface area (Å²) in [5, 5.41) is 15.1. The minimum absolute atomic E-state index is 0.209. The number of aromatic nitrogens is 4. The first-order valence-corrected chi connectivity index (χ1v) is 9.50. The van der Waals surface area contributed by atoms with Crippen molar-refractivity contribution in [2.45, 2.75) is 6.04 Å². The van der Waals surface area contributed by atoms with E-state index in [9.17, 15) is 14.3 Å². The monoisotopic (exact) mass is 416 g/mol. The zero-order chi connectivity index (χ0) is 21.7. The van der Waals surface area contributed by atoms with Gasteiger partial charge in [-0.05, 0) is 30.3 Å². The van der Waals surface area contributed by atoms with Crippen molar-refractivity contribution in [2.24, 2.45) is 0 Å². The van der Waals surface area contributed by atoms with E-state index < -0.39 is 11.6 Å². The van der Waals surface area contributed by atoms with Crippen LogP contribution >= 0.6 is 0 Å². The second kappa shape index (κ2) is 6.91. The highest BCUT2D eigenvalue weighted by Crippen LogP contribution is 2.40. The van der Waals surface area contributed by atoms with Crippen molar-refractivity contribution in [1.29, 1.82) is 0 Å². The lowest BCUT2D eigenvalue weighted by Gasteiger charge is -2.16. The highest BCUT2D eigenvalue weighted by molar-refractivity contribution is 6.03. The summed E-state index contributed by atoms with van der Waals surface area (Å²) in [7, 11) is 0. The summed E-state index contributed by atoms with van der Waals surface area (Å²) in [5.74, 6) is -1.24. The lowest BCUT2D eigenvalue weighted by Crippen LogP contribution is -2.29. The molecule has 154 valence electrons. The number of nitrogens with two attached hydrogens (primary N) is 1. The minimum Gasteiger partial charge on any atom is -0.505 e. The number of benzene rings is 2. The third kappa shape index (κ3) is 2.82. The van der Waals surface area contributed by atoms with Crippen LogP contribution < -0.4 is 10.6 Å². The van der Waals surface area contributed by atoms with Crippen molar-refractivity contribution in [3.63, 3.8) is 0 Å². The fourth-order valence-electron chi connectivity index (χ4n) is 3.99. The number of halogens is 1. The summed E-state index contributed by atoms with van der Waals surface area (Å²) in [4.78, 5) is 22.5. The number of phenolic OH excluding ortho intramolecular Hbond substituents is 1. The molecule has 0 radical (unpaired) electrons. The highest BCUT2D eigenvalue weighted by Gasteiger charge is 2.35. The van der Waals surface area contributed by atoms with Gasteiger partial charge in [-0.1, -0.05) is 24.8 Å². The Morgan fingerprint density at radius 1 is 1.26 bits per heavy atom. The molecule has 3 N–H and O–H groups in total. The van der Waals surface area contributed by atoms with Crippen LogP contribution in [0.25, 0.3) is 22.3 Å². The molecule has 1 aliphatic rings. The van der Waals surface area contributed by atoms with E-state index >= 15 is 0 Å². The second-order valence-corrected chi connectivity index (χ2v) is 7.14. The molecule has 31 heavy (non-hydrogen) atoms. The van der Waals surface area contributed by atoms with E-state index in [1.54, 1.807) is 9.58 Å². The zero-order valence-electron chi connectivity index (χ0n) is 16.2. The van der Waals surface area contributed by atoms with Gasteiger partial charge < -0.3 is 15.7 Å². The van der Waals surface area contributed by atoms with Crippen molar-refractivity contribution in [3.05, 3.63) is 72.8 Å². The Labute approximate surface area is 176 Å². The third-order valence-electron chi connectivity index (χ3n) is 5.42. The SMILES string of the molecule is C=CC(=O)N1CC(n2nc(-c3ccc(F)c(O)c3)c3c(N)ncnc32)c2ccccc21. The maximum Gasteiger partial charge on any atom is 0.250 e. The van der Waals surface area contributed by atoms with Crippen molar-refractivity contribution in [2.75, 3.05) is 17.2 Å². The summed E-state index contributed by atoms with van der Waals surface area (Å²) in [6, 6.07) is 11.2. The number of nitrogens with zero attached hydrogens (tertiary/aromatic N) is 5. The van der Waals surface area contributed by atoms with E-state index in [0.717, 1.165) is 17.3 Å². The van der Waals surface area contributed by atoms with E-state index in [0.29, 0.717) is 28.8 Å². The predicted octanol–water partition coefficient (Wildman–Crippen LogP) is 3.04. The number of hydrogen-bond donors (Lipinski definition) is 2. The van der Waals surface area contributed by atoms with Gasteiger partial charge >= 0.3 is 0 Å². The molecule has 3 heterocycles. The maximum atomic E-state index is 13.6. The average molecular weight is 416 g/mol. The van der Waals surface area contributed by atoms with Crippen LogP contribution in [0.15, 0.2) is 61.4 Å². The molecule has 2 aromatic heterocycles. The number of para-hydroxylation sites is 1. The standard InChI is InChI=1S/C22H17FN6O2/c1-2-18(31)28-10-16(13-5-3-4-6-15(13)28)29-22-19(21(24)25-11-26-22)20(27-29)12-7-8-14(23)17(30)9-12/h2-9,11,16,30H,1,10H2,(H2,24,25,26). The molecule has 1 aliphatic heterocycles. The lowest BCUT2D eigenvalue weighted by molar-refractivity contribution is -0.114. The summed E-state index contributed by atoms with van der Waals surface area (Å²) in [6.07, 6.45) is 2.61. The number of nitrogen functional groups attached to an aromatic ring is 1. The van der Waals surface area contributed by atoms with Crippen LogP contribution in [0.4, 0.5) is 15.9 Å². The number of fused-ring (bicyclic) bond motifs is 2. The van der Waals surface area contributed by atoms with Gasteiger partial charge in [-0.3, -0.25) is 4.79 Å².